The SMILES string of the molecule is CC(=O)N[C@]1(O)[C@@H]2OC(c3ccccc3)OC[C@H]2O[C@H](O)[C@@]1(O)Cc1ccccc1. The lowest BCUT2D eigenvalue weighted by atomic mass is 9.76. The Morgan fingerprint density at radius 1 is 1.07 bits per heavy atom. The summed E-state index contributed by atoms with van der Waals surface area (Å²) >= 11 is 0. The monoisotopic (exact) mass is 415 g/mol. The average Bonchev–Trinajstić information content (AvgIpc) is 2.73. The second kappa shape index (κ2) is 8.07. The lowest BCUT2D eigenvalue weighted by Crippen LogP contribution is -2.82. The number of aliphatic hydroxyl groups is 3. The molecule has 8 heteroatoms. The zero-order chi connectivity index (χ0) is 21.4. The van der Waals surface area contributed by atoms with E-state index in [1.807, 2.05) is 24.3 Å². The number of benzene rings is 2. The van der Waals surface area contributed by atoms with Gasteiger partial charge in [-0.25, -0.2) is 0 Å². The highest BCUT2D eigenvalue weighted by molar-refractivity contribution is 5.74. The first kappa shape index (κ1) is 20.9. The summed E-state index contributed by atoms with van der Waals surface area (Å²) in [5.74, 6) is -0.594. The standard InChI is InChI=1S/C22H25NO7/c1-14(24)23-22(27)18-17(13-28-19(30-18)16-10-6-3-7-11-16)29-20(25)21(22,26)12-15-8-4-2-5-9-15/h2-11,17-20,25-27H,12-13H2,1H3,(H,23,24)/t17-,18-,19?,20+,21+,22+/m1/s1. The zero-order valence-corrected chi connectivity index (χ0v) is 16.5. The molecule has 6 atom stereocenters. The van der Waals surface area contributed by atoms with Crippen molar-refractivity contribution in [3.05, 3.63) is 71.8 Å². The number of amides is 1. The van der Waals surface area contributed by atoms with Crippen molar-refractivity contribution in [2.45, 2.75) is 49.5 Å². The van der Waals surface area contributed by atoms with Gasteiger partial charge in [-0.2, -0.15) is 0 Å². The number of rotatable bonds is 4. The molecule has 2 aromatic carbocycles. The van der Waals surface area contributed by atoms with Gasteiger partial charge in [0.05, 0.1) is 6.61 Å². The number of carbonyl (C=O) groups is 1. The molecule has 2 heterocycles. The van der Waals surface area contributed by atoms with E-state index in [1.54, 1.807) is 36.4 Å². The molecule has 4 rings (SSSR count). The second-order valence-electron chi connectivity index (χ2n) is 7.69. The molecule has 0 saturated carbocycles. The molecule has 30 heavy (non-hydrogen) atoms. The number of nitrogens with one attached hydrogen (secondary N) is 1. The third kappa shape index (κ3) is 3.62. The molecule has 0 aliphatic carbocycles. The van der Waals surface area contributed by atoms with Crippen LogP contribution in [0.25, 0.3) is 0 Å². The predicted octanol–water partition coefficient (Wildman–Crippen LogP) is 0.616. The van der Waals surface area contributed by atoms with Crippen molar-refractivity contribution in [2.24, 2.45) is 0 Å². The minimum absolute atomic E-state index is 0.00933. The molecule has 2 aliphatic rings. The largest absolute Gasteiger partial charge is 0.379 e. The molecule has 0 spiro atoms. The first-order valence-corrected chi connectivity index (χ1v) is 9.76. The fourth-order valence-corrected chi connectivity index (χ4v) is 4.08. The Balaban J connectivity index is 1.71. The van der Waals surface area contributed by atoms with Crippen LogP contribution in [0.2, 0.25) is 0 Å². The molecular formula is C22H25NO7. The quantitative estimate of drug-likeness (QED) is 0.541. The van der Waals surface area contributed by atoms with Crippen molar-refractivity contribution in [2.75, 3.05) is 6.61 Å². The number of hydrogen-bond donors (Lipinski definition) is 4. The zero-order valence-electron chi connectivity index (χ0n) is 16.5. The van der Waals surface area contributed by atoms with Crippen LogP contribution in [-0.4, -0.2) is 57.7 Å². The van der Waals surface area contributed by atoms with E-state index in [9.17, 15) is 20.1 Å². The normalized spacial score (nSPS) is 36.0. The Morgan fingerprint density at radius 3 is 2.33 bits per heavy atom. The second-order valence-corrected chi connectivity index (χ2v) is 7.69. The third-order valence-corrected chi connectivity index (χ3v) is 5.56. The molecule has 2 fully saturated rings. The lowest BCUT2D eigenvalue weighted by Gasteiger charge is -2.57. The van der Waals surface area contributed by atoms with Gasteiger partial charge < -0.3 is 34.8 Å². The summed E-state index contributed by atoms with van der Waals surface area (Å²) in [5, 5.41) is 36.2. The summed E-state index contributed by atoms with van der Waals surface area (Å²) in [5.41, 5.74) is -3.27. The number of hydrogen-bond acceptors (Lipinski definition) is 7. The molecule has 8 nitrogen and oxygen atoms in total. The first-order chi connectivity index (χ1) is 14.3. The maximum Gasteiger partial charge on any atom is 0.219 e. The van der Waals surface area contributed by atoms with Gasteiger partial charge in [-0.15, -0.1) is 0 Å². The summed E-state index contributed by atoms with van der Waals surface area (Å²) in [7, 11) is 0. The van der Waals surface area contributed by atoms with Crippen molar-refractivity contribution in [3.63, 3.8) is 0 Å². The molecule has 0 aromatic heterocycles. The van der Waals surface area contributed by atoms with E-state index in [2.05, 4.69) is 5.32 Å². The molecule has 1 amide bonds. The Hall–Kier alpha value is -2.33. The van der Waals surface area contributed by atoms with Gasteiger partial charge in [0, 0.05) is 18.9 Å². The van der Waals surface area contributed by atoms with Crippen molar-refractivity contribution in [1.29, 1.82) is 0 Å². The minimum Gasteiger partial charge on any atom is -0.379 e. The third-order valence-electron chi connectivity index (χ3n) is 5.56. The van der Waals surface area contributed by atoms with Crippen LogP contribution in [0.15, 0.2) is 60.7 Å². The molecule has 1 unspecified atom stereocenters. The van der Waals surface area contributed by atoms with Crippen LogP contribution < -0.4 is 5.32 Å². The van der Waals surface area contributed by atoms with E-state index in [0.717, 1.165) is 0 Å². The van der Waals surface area contributed by atoms with Crippen LogP contribution in [0.4, 0.5) is 0 Å². The molecule has 0 bridgehead atoms. The van der Waals surface area contributed by atoms with Crippen molar-refractivity contribution in [1.82, 2.24) is 5.32 Å². The minimum atomic E-state index is -2.34. The van der Waals surface area contributed by atoms with E-state index in [4.69, 9.17) is 14.2 Å². The molecule has 2 aliphatic heterocycles. The number of carbonyl (C=O) groups excluding carboxylic acids is 1. The van der Waals surface area contributed by atoms with Gasteiger partial charge >= 0.3 is 0 Å². The van der Waals surface area contributed by atoms with Gasteiger partial charge in [-0.05, 0) is 5.56 Å². The lowest BCUT2D eigenvalue weighted by molar-refractivity contribution is -0.413. The summed E-state index contributed by atoms with van der Waals surface area (Å²) < 4.78 is 17.3. The maximum atomic E-state index is 12.0. The Bertz CT molecular complexity index is 880. The van der Waals surface area contributed by atoms with Crippen LogP contribution in [0.3, 0.4) is 0 Å². The summed E-state index contributed by atoms with van der Waals surface area (Å²) in [6.45, 7) is 1.20. The number of aliphatic hydroxyl groups excluding tert-OH is 1. The predicted molar refractivity (Wildman–Crippen MR) is 105 cm³/mol. The molecule has 2 aromatic rings. The van der Waals surface area contributed by atoms with Gasteiger partial charge in [0.25, 0.3) is 0 Å². The van der Waals surface area contributed by atoms with E-state index in [1.165, 1.54) is 6.92 Å². The van der Waals surface area contributed by atoms with E-state index >= 15 is 0 Å². The fraction of sp³-hybridized carbons (Fsp3) is 0.409. The molecule has 2 saturated heterocycles. The Kier molecular flexibility index (Phi) is 5.63. The van der Waals surface area contributed by atoms with Crippen LogP contribution in [-0.2, 0) is 25.4 Å². The van der Waals surface area contributed by atoms with E-state index in [-0.39, 0.29) is 13.0 Å². The molecule has 160 valence electrons. The number of fused-ring (bicyclic) bond motifs is 1. The smallest absolute Gasteiger partial charge is 0.219 e. The van der Waals surface area contributed by atoms with E-state index in [0.29, 0.717) is 11.1 Å². The highest BCUT2D eigenvalue weighted by Gasteiger charge is 2.67. The van der Waals surface area contributed by atoms with Crippen LogP contribution >= 0.6 is 0 Å². The van der Waals surface area contributed by atoms with Crippen molar-refractivity contribution >= 4 is 5.91 Å². The Morgan fingerprint density at radius 2 is 1.70 bits per heavy atom. The molecular weight excluding hydrogens is 390 g/mol. The van der Waals surface area contributed by atoms with Crippen LogP contribution in [0.5, 0.6) is 0 Å². The molecule has 4 N–H and O–H groups in total. The highest BCUT2D eigenvalue weighted by atomic mass is 16.7. The van der Waals surface area contributed by atoms with Crippen molar-refractivity contribution < 1.29 is 34.3 Å². The Labute approximate surface area is 174 Å². The van der Waals surface area contributed by atoms with E-state index < -0.39 is 42.0 Å². The average molecular weight is 415 g/mol. The summed E-state index contributed by atoms with van der Waals surface area (Å²) in [6, 6.07) is 17.9. The van der Waals surface area contributed by atoms with Crippen LogP contribution in [0.1, 0.15) is 24.3 Å². The van der Waals surface area contributed by atoms with Gasteiger partial charge in [0.2, 0.25) is 11.6 Å². The number of ether oxygens (including phenoxy) is 3. The topological polar surface area (TPSA) is 117 Å². The van der Waals surface area contributed by atoms with Crippen molar-refractivity contribution in [3.8, 4) is 0 Å². The van der Waals surface area contributed by atoms with Gasteiger partial charge in [0.15, 0.2) is 18.2 Å². The van der Waals surface area contributed by atoms with Gasteiger partial charge in [-0.1, -0.05) is 60.7 Å². The van der Waals surface area contributed by atoms with Gasteiger partial charge in [0.1, 0.15) is 12.2 Å². The highest BCUT2D eigenvalue weighted by Crippen LogP contribution is 2.43. The fourth-order valence-electron chi connectivity index (χ4n) is 4.08. The summed E-state index contributed by atoms with van der Waals surface area (Å²) in [6.07, 6.45) is -4.93. The first-order valence-electron chi connectivity index (χ1n) is 9.76. The summed E-state index contributed by atoms with van der Waals surface area (Å²) in [4.78, 5) is 12.0. The van der Waals surface area contributed by atoms with Crippen LogP contribution in [0, 0.1) is 0 Å². The van der Waals surface area contributed by atoms with Gasteiger partial charge in [-0.3, -0.25) is 4.79 Å². The maximum absolute atomic E-state index is 12.0. The molecule has 0 radical (unpaired) electrons.